The Kier molecular flexibility index (Phi) is 9.37. The molecule has 17 heavy (non-hydrogen) atoms. The van der Waals surface area contributed by atoms with E-state index in [1.165, 1.54) is 0 Å². The summed E-state index contributed by atoms with van der Waals surface area (Å²) in [6.45, 7) is 0.869. The average molecular weight is 246 g/mol. The van der Waals surface area contributed by atoms with Gasteiger partial charge in [-0.3, -0.25) is 4.79 Å². The van der Waals surface area contributed by atoms with Crippen LogP contribution in [-0.2, 0) is 9.59 Å². The predicted molar refractivity (Wildman–Crippen MR) is 63.4 cm³/mol. The van der Waals surface area contributed by atoms with Crippen LogP contribution in [0.15, 0.2) is 0 Å². The highest BCUT2D eigenvalue weighted by molar-refractivity contribution is 5.76. The molecule has 1 atom stereocenters. The van der Waals surface area contributed by atoms with Crippen molar-refractivity contribution in [3.63, 3.8) is 0 Å². The van der Waals surface area contributed by atoms with Gasteiger partial charge in [-0.2, -0.15) is 0 Å². The minimum Gasteiger partial charge on any atom is -0.479 e. The van der Waals surface area contributed by atoms with Gasteiger partial charge in [0.1, 0.15) is 0 Å². The van der Waals surface area contributed by atoms with E-state index in [2.05, 4.69) is 5.32 Å². The number of hydrogen-bond acceptors (Lipinski definition) is 4. The van der Waals surface area contributed by atoms with Crippen molar-refractivity contribution in [1.29, 1.82) is 0 Å². The molecule has 0 aliphatic rings. The Hall–Kier alpha value is -1.14. The number of carbonyl (C=O) groups is 2. The molecular weight excluding hydrogens is 224 g/mol. The molecule has 0 aromatic carbocycles. The summed E-state index contributed by atoms with van der Waals surface area (Å²) in [5.74, 6) is -1.36. The highest BCUT2D eigenvalue weighted by Crippen LogP contribution is 2.02. The van der Waals surface area contributed by atoms with Crippen LogP contribution >= 0.6 is 0 Å². The van der Waals surface area contributed by atoms with Crippen LogP contribution in [0, 0.1) is 0 Å². The standard InChI is InChI=1S/C11H22N2O4/c12-7-4-2-1-3-5-10(15)13-8-6-9(14)11(16)17/h9,14H,1-8,12H2,(H,13,15)(H,16,17). The van der Waals surface area contributed by atoms with Crippen molar-refractivity contribution in [2.24, 2.45) is 5.73 Å². The maximum atomic E-state index is 11.3. The molecule has 0 saturated carbocycles. The maximum absolute atomic E-state index is 11.3. The van der Waals surface area contributed by atoms with Gasteiger partial charge in [0.15, 0.2) is 6.10 Å². The predicted octanol–water partition coefficient (Wildman–Crippen LogP) is -0.153. The van der Waals surface area contributed by atoms with Gasteiger partial charge >= 0.3 is 5.97 Å². The Labute approximate surface area is 101 Å². The number of aliphatic carboxylic acids is 1. The molecule has 0 heterocycles. The van der Waals surface area contributed by atoms with Crippen LogP contribution in [0.5, 0.6) is 0 Å². The fraction of sp³-hybridized carbons (Fsp3) is 0.818. The highest BCUT2D eigenvalue weighted by Gasteiger charge is 2.12. The highest BCUT2D eigenvalue weighted by atomic mass is 16.4. The van der Waals surface area contributed by atoms with Crippen molar-refractivity contribution in [3.8, 4) is 0 Å². The fourth-order valence-electron chi connectivity index (χ4n) is 1.34. The quantitative estimate of drug-likeness (QED) is 0.400. The van der Waals surface area contributed by atoms with Crippen LogP contribution in [0.3, 0.4) is 0 Å². The number of unbranched alkanes of at least 4 members (excludes halogenated alkanes) is 3. The van der Waals surface area contributed by atoms with E-state index >= 15 is 0 Å². The van der Waals surface area contributed by atoms with Crippen LogP contribution in [0.25, 0.3) is 0 Å². The fourth-order valence-corrected chi connectivity index (χ4v) is 1.34. The molecule has 1 amide bonds. The Balaban J connectivity index is 3.38. The number of aliphatic hydroxyl groups excluding tert-OH is 1. The van der Waals surface area contributed by atoms with E-state index in [0.29, 0.717) is 13.0 Å². The molecular formula is C11H22N2O4. The Morgan fingerprint density at radius 3 is 2.41 bits per heavy atom. The molecule has 0 fully saturated rings. The van der Waals surface area contributed by atoms with Crippen LogP contribution in [0.1, 0.15) is 38.5 Å². The summed E-state index contributed by atoms with van der Waals surface area (Å²) in [6.07, 6.45) is 2.87. The van der Waals surface area contributed by atoms with Crippen molar-refractivity contribution >= 4 is 11.9 Å². The van der Waals surface area contributed by atoms with E-state index < -0.39 is 12.1 Å². The van der Waals surface area contributed by atoms with E-state index in [1.807, 2.05) is 0 Å². The Morgan fingerprint density at radius 1 is 1.18 bits per heavy atom. The lowest BCUT2D eigenvalue weighted by Gasteiger charge is -2.07. The number of hydrogen-bond donors (Lipinski definition) is 4. The normalized spacial score (nSPS) is 12.1. The van der Waals surface area contributed by atoms with Crippen molar-refractivity contribution in [1.82, 2.24) is 5.32 Å². The van der Waals surface area contributed by atoms with Crippen LogP contribution in [0.2, 0.25) is 0 Å². The molecule has 5 N–H and O–H groups in total. The molecule has 0 radical (unpaired) electrons. The second-order valence-corrected chi connectivity index (χ2v) is 3.95. The summed E-state index contributed by atoms with van der Waals surface area (Å²) < 4.78 is 0. The summed E-state index contributed by atoms with van der Waals surface area (Å²) in [7, 11) is 0. The van der Waals surface area contributed by atoms with Crippen LogP contribution < -0.4 is 11.1 Å². The zero-order chi connectivity index (χ0) is 13.1. The van der Waals surface area contributed by atoms with Gasteiger partial charge in [-0.05, 0) is 19.4 Å². The molecule has 6 heteroatoms. The third-order valence-electron chi connectivity index (χ3n) is 2.38. The van der Waals surface area contributed by atoms with Gasteiger partial charge in [0.25, 0.3) is 0 Å². The second-order valence-electron chi connectivity index (χ2n) is 3.95. The largest absolute Gasteiger partial charge is 0.479 e. The SMILES string of the molecule is NCCCCCCC(=O)NCCC(O)C(=O)O. The Morgan fingerprint density at radius 2 is 1.82 bits per heavy atom. The molecule has 0 bridgehead atoms. The van der Waals surface area contributed by atoms with E-state index in [0.717, 1.165) is 25.7 Å². The molecule has 100 valence electrons. The third kappa shape index (κ3) is 9.77. The number of nitrogens with two attached hydrogens (primary N) is 1. The van der Waals surface area contributed by atoms with Gasteiger partial charge in [0, 0.05) is 19.4 Å². The molecule has 0 spiro atoms. The third-order valence-corrected chi connectivity index (χ3v) is 2.38. The van der Waals surface area contributed by atoms with Gasteiger partial charge in [0.05, 0.1) is 0 Å². The molecule has 0 aromatic rings. The zero-order valence-electron chi connectivity index (χ0n) is 10.0. The summed E-state index contributed by atoms with van der Waals surface area (Å²) >= 11 is 0. The number of rotatable bonds is 10. The maximum Gasteiger partial charge on any atom is 0.332 e. The Bertz CT molecular complexity index is 234. The van der Waals surface area contributed by atoms with Gasteiger partial charge in [-0.25, -0.2) is 4.79 Å². The lowest BCUT2D eigenvalue weighted by molar-refractivity contribution is -0.147. The minimum atomic E-state index is -1.40. The molecule has 0 rings (SSSR count). The number of carboxylic acids is 1. The molecule has 6 nitrogen and oxygen atoms in total. The lowest BCUT2D eigenvalue weighted by Crippen LogP contribution is -2.29. The van der Waals surface area contributed by atoms with Crippen molar-refractivity contribution < 1.29 is 19.8 Å². The number of nitrogens with one attached hydrogen (secondary N) is 1. The van der Waals surface area contributed by atoms with E-state index in [1.54, 1.807) is 0 Å². The smallest absolute Gasteiger partial charge is 0.332 e. The summed E-state index contributed by atoms with van der Waals surface area (Å²) in [6, 6.07) is 0. The summed E-state index contributed by atoms with van der Waals surface area (Å²) in [5, 5.41) is 19.9. The van der Waals surface area contributed by atoms with E-state index in [-0.39, 0.29) is 18.9 Å². The average Bonchev–Trinajstić information content (AvgIpc) is 2.28. The van der Waals surface area contributed by atoms with Gasteiger partial charge in [-0.1, -0.05) is 12.8 Å². The first-order chi connectivity index (χ1) is 8.07. The first-order valence-corrected chi connectivity index (χ1v) is 5.95. The van der Waals surface area contributed by atoms with Gasteiger partial charge in [0.2, 0.25) is 5.91 Å². The lowest BCUT2D eigenvalue weighted by atomic mass is 10.1. The number of carboxylic acid groups (broad SMARTS) is 1. The van der Waals surface area contributed by atoms with Crippen molar-refractivity contribution in [2.75, 3.05) is 13.1 Å². The molecule has 0 aliphatic carbocycles. The number of carbonyl (C=O) groups excluding carboxylic acids is 1. The number of amides is 1. The van der Waals surface area contributed by atoms with Gasteiger partial charge < -0.3 is 21.3 Å². The van der Waals surface area contributed by atoms with Crippen LogP contribution in [0.4, 0.5) is 0 Å². The van der Waals surface area contributed by atoms with Crippen molar-refractivity contribution in [2.45, 2.75) is 44.6 Å². The van der Waals surface area contributed by atoms with Gasteiger partial charge in [-0.15, -0.1) is 0 Å². The van der Waals surface area contributed by atoms with Crippen molar-refractivity contribution in [3.05, 3.63) is 0 Å². The van der Waals surface area contributed by atoms with E-state index in [4.69, 9.17) is 15.9 Å². The summed E-state index contributed by atoms with van der Waals surface area (Å²) in [4.78, 5) is 21.5. The first-order valence-electron chi connectivity index (χ1n) is 5.95. The molecule has 0 saturated heterocycles. The zero-order valence-corrected chi connectivity index (χ0v) is 10.0. The summed E-state index contributed by atoms with van der Waals surface area (Å²) in [5.41, 5.74) is 5.34. The minimum absolute atomic E-state index is 0.0360. The monoisotopic (exact) mass is 246 g/mol. The number of aliphatic hydroxyl groups is 1. The molecule has 0 aliphatic heterocycles. The second kappa shape index (κ2) is 10.0. The van der Waals surface area contributed by atoms with E-state index in [9.17, 15) is 9.59 Å². The topological polar surface area (TPSA) is 113 Å². The molecule has 0 aromatic heterocycles. The molecule has 1 unspecified atom stereocenters. The van der Waals surface area contributed by atoms with Crippen LogP contribution in [-0.4, -0.2) is 41.3 Å². The first kappa shape index (κ1) is 15.9.